The summed E-state index contributed by atoms with van der Waals surface area (Å²) in [6.07, 6.45) is 0. The molecule has 0 aliphatic rings. The van der Waals surface area contributed by atoms with Crippen molar-refractivity contribution < 1.29 is 33.3 Å². The monoisotopic (exact) mass is 303 g/mol. The third-order valence-electron chi connectivity index (χ3n) is 1.85. The van der Waals surface area contributed by atoms with Crippen LogP contribution in [0.4, 0.5) is 0 Å². The summed E-state index contributed by atoms with van der Waals surface area (Å²) in [6, 6.07) is 0.531. The van der Waals surface area contributed by atoms with E-state index in [0.717, 1.165) is 10.2 Å². The largest absolute Gasteiger partial charge is 1.00 e. The Morgan fingerprint density at radius 1 is 1.42 bits per heavy atom. The van der Waals surface area contributed by atoms with Gasteiger partial charge in [-0.15, -0.1) is 0 Å². The van der Waals surface area contributed by atoms with Gasteiger partial charge in [-0.1, -0.05) is 11.8 Å². The fourth-order valence-electron chi connectivity index (χ4n) is 0.462. The van der Waals surface area contributed by atoms with Gasteiger partial charge in [-0.3, -0.25) is 4.79 Å². The highest BCUT2D eigenvalue weighted by atomic mass is 127. The van der Waals surface area contributed by atoms with E-state index >= 15 is 0 Å². The second-order valence-corrected chi connectivity index (χ2v) is 4.96. The molecule has 0 radical (unpaired) electrons. The van der Waals surface area contributed by atoms with E-state index in [2.05, 4.69) is 28.1 Å². The fraction of sp³-hybridized carbons (Fsp3) is 0.875. The molecule has 0 N–H and O–H groups in total. The number of nitrogens with zero attached hydrogens (tertiary/aromatic N) is 1. The van der Waals surface area contributed by atoms with E-state index < -0.39 is 0 Å². The van der Waals surface area contributed by atoms with Crippen LogP contribution in [0.5, 0.6) is 0 Å². The molecule has 12 heavy (non-hydrogen) atoms. The fourth-order valence-corrected chi connectivity index (χ4v) is 1.38. The Balaban J connectivity index is 0. The molecule has 0 aliphatic carbocycles. The highest BCUT2D eigenvalue weighted by molar-refractivity contribution is 8.13. The summed E-state index contributed by atoms with van der Waals surface area (Å²) >= 11 is 1.41. The molecule has 74 valence electrons. The van der Waals surface area contributed by atoms with Crippen molar-refractivity contribution in [3.05, 3.63) is 0 Å². The standard InChI is InChI=1S/C8H18NOS.HI/c1-7(9(3,4)5)6-11-8(2)10;/h7H,6H2,1-5H3;1H/q+1;/p-1. The Bertz CT molecular complexity index is 144. The van der Waals surface area contributed by atoms with Crippen LogP contribution in [0.2, 0.25) is 0 Å². The van der Waals surface area contributed by atoms with E-state index in [9.17, 15) is 4.79 Å². The quantitative estimate of drug-likeness (QED) is 0.460. The van der Waals surface area contributed by atoms with Gasteiger partial charge in [0.1, 0.15) is 0 Å². The normalized spacial score (nSPS) is 13.4. The summed E-state index contributed by atoms with van der Waals surface area (Å²) in [4.78, 5) is 10.6. The average Bonchev–Trinajstić information content (AvgIpc) is 1.80. The van der Waals surface area contributed by atoms with Crippen LogP contribution in [0, 0.1) is 0 Å². The van der Waals surface area contributed by atoms with Crippen molar-refractivity contribution in [3.8, 4) is 0 Å². The zero-order chi connectivity index (χ0) is 9.07. The summed E-state index contributed by atoms with van der Waals surface area (Å²) in [5, 5.41) is 0.213. The molecule has 1 unspecified atom stereocenters. The van der Waals surface area contributed by atoms with Crippen LogP contribution in [-0.2, 0) is 4.79 Å². The minimum atomic E-state index is 0. The van der Waals surface area contributed by atoms with Gasteiger partial charge >= 0.3 is 0 Å². The van der Waals surface area contributed by atoms with E-state index in [4.69, 9.17) is 0 Å². The average molecular weight is 303 g/mol. The Hall–Kier alpha value is 0.710. The predicted octanol–water partition coefficient (Wildman–Crippen LogP) is -1.64. The molecular formula is C8H18INOS. The van der Waals surface area contributed by atoms with Gasteiger partial charge in [0.25, 0.3) is 0 Å². The molecule has 0 aliphatic heterocycles. The molecule has 0 fully saturated rings. The first-order valence-corrected chi connectivity index (χ1v) is 4.77. The predicted molar refractivity (Wildman–Crippen MR) is 50.6 cm³/mol. The smallest absolute Gasteiger partial charge is 0.186 e. The van der Waals surface area contributed by atoms with Gasteiger partial charge < -0.3 is 28.5 Å². The molecule has 0 saturated carbocycles. The van der Waals surface area contributed by atoms with Crippen molar-refractivity contribution in [2.75, 3.05) is 26.9 Å². The van der Waals surface area contributed by atoms with Crippen LogP contribution < -0.4 is 24.0 Å². The van der Waals surface area contributed by atoms with Crippen LogP contribution in [0.15, 0.2) is 0 Å². The highest BCUT2D eigenvalue weighted by Crippen LogP contribution is 2.10. The van der Waals surface area contributed by atoms with Crippen molar-refractivity contribution in [1.29, 1.82) is 0 Å². The zero-order valence-corrected chi connectivity index (χ0v) is 11.4. The maximum absolute atomic E-state index is 10.6. The number of rotatable bonds is 3. The molecule has 0 aromatic heterocycles. The number of carbonyl (C=O) groups excluding carboxylic acids is 1. The lowest BCUT2D eigenvalue weighted by molar-refractivity contribution is -0.891. The lowest BCUT2D eigenvalue weighted by Gasteiger charge is -2.31. The van der Waals surface area contributed by atoms with Crippen molar-refractivity contribution >= 4 is 16.9 Å². The summed E-state index contributed by atoms with van der Waals surface area (Å²) in [5.41, 5.74) is 0. The third-order valence-corrected chi connectivity index (χ3v) is 2.91. The molecular weight excluding hydrogens is 285 g/mol. The van der Waals surface area contributed by atoms with Gasteiger partial charge in [0, 0.05) is 6.92 Å². The van der Waals surface area contributed by atoms with Gasteiger partial charge in [-0.2, -0.15) is 0 Å². The Morgan fingerprint density at radius 2 is 1.83 bits per heavy atom. The lowest BCUT2D eigenvalue weighted by atomic mass is 10.3. The second kappa shape index (κ2) is 6.21. The van der Waals surface area contributed by atoms with Crippen LogP contribution in [0.25, 0.3) is 0 Å². The second-order valence-electron chi connectivity index (χ2n) is 3.77. The first-order chi connectivity index (χ1) is 4.84. The molecule has 0 saturated heterocycles. The SMILES string of the molecule is CC(=O)SCC(C)[N+](C)(C)C.[I-]. The summed E-state index contributed by atoms with van der Waals surface area (Å²) in [5.74, 6) is 0.916. The third kappa shape index (κ3) is 7.36. The molecule has 2 nitrogen and oxygen atoms in total. The van der Waals surface area contributed by atoms with Gasteiger partial charge in [0.15, 0.2) is 5.12 Å². The number of thioether (sulfide) groups is 1. The van der Waals surface area contributed by atoms with E-state index in [1.807, 2.05) is 0 Å². The molecule has 0 heterocycles. The molecule has 0 amide bonds. The first-order valence-electron chi connectivity index (χ1n) is 3.78. The minimum Gasteiger partial charge on any atom is -1.00 e. The van der Waals surface area contributed by atoms with Crippen molar-refractivity contribution in [2.24, 2.45) is 0 Å². The van der Waals surface area contributed by atoms with E-state index in [1.165, 1.54) is 11.8 Å². The maximum Gasteiger partial charge on any atom is 0.186 e. The number of hydrogen-bond donors (Lipinski definition) is 0. The molecule has 0 bridgehead atoms. The molecule has 4 heteroatoms. The summed E-state index contributed by atoms with van der Waals surface area (Å²) in [6.45, 7) is 3.78. The Morgan fingerprint density at radius 3 is 2.08 bits per heavy atom. The van der Waals surface area contributed by atoms with Crippen molar-refractivity contribution in [2.45, 2.75) is 19.9 Å². The molecule has 1 atom stereocenters. The van der Waals surface area contributed by atoms with Crippen molar-refractivity contribution in [3.63, 3.8) is 0 Å². The van der Waals surface area contributed by atoms with Crippen LogP contribution in [0.3, 0.4) is 0 Å². The van der Waals surface area contributed by atoms with Crippen LogP contribution >= 0.6 is 11.8 Å². The molecule has 0 aromatic rings. The highest BCUT2D eigenvalue weighted by Gasteiger charge is 2.18. The number of halogens is 1. The maximum atomic E-state index is 10.6. The number of hydrogen-bond acceptors (Lipinski definition) is 2. The summed E-state index contributed by atoms with van der Waals surface area (Å²) < 4.78 is 0.917. The van der Waals surface area contributed by atoms with Crippen LogP contribution in [-0.4, -0.2) is 42.5 Å². The number of quaternary nitrogens is 1. The lowest BCUT2D eigenvalue weighted by Crippen LogP contribution is -3.00. The molecule has 0 spiro atoms. The topological polar surface area (TPSA) is 17.1 Å². The van der Waals surface area contributed by atoms with Crippen LogP contribution in [0.1, 0.15) is 13.8 Å². The Kier molecular flexibility index (Phi) is 7.86. The minimum absolute atomic E-state index is 0. The van der Waals surface area contributed by atoms with E-state index in [1.54, 1.807) is 6.92 Å². The van der Waals surface area contributed by atoms with Gasteiger partial charge in [0.2, 0.25) is 0 Å². The van der Waals surface area contributed by atoms with Crippen molar-refractivity contribution in [1.82, 2.24) is 0 Å². The Labute approximate surface area is 96.7 Å². The summed E-state index contributed by atoms with van der Waals surface area (Å²) in [7, 11) is 6.43. The van der Waals surface area contributed by atoms with Gasteiger partial charge in [-0.25, -0.2) is 0 Å². The molecule has 0 rings (SSSR count). The number of carbonyl (C=O) groups is 1. The molecule has 0 aromatic carbocycles. The first kappa shape index (κ1) is 15.2. The zero-order valence-electron chi connectivity index (χ0n) is 8.43. The van der Waals surface area contributed by atoms with E-state index in [0.29, 0.717) is 6.04 Å². The van der Waals surface area contributed by atoms with Gasteiger partial charge in [-0.05, 0) is 6.92 Å². The van der Waals surface area contributed by atoms with Gasteiger partial charge in [0.05, 0.1) is 32.9 Å². The van der Waals surface area contributed by atoms with E-state index in [-0.39, 0.29) is 29.1 Å².